The molecule has 2 saturated heterocycles. The topological polar surface area (TPSA) is 74.2 Å². The molecule has 2 rings (SSSR count). The SMILES string of the molecule is [B][C@H]1CC(O)[C@@H](CO[P+](=O)OC2C[C@H]([B])O[C@@H]2CC)O1. The molecule has 0 aromatic carbocycles. The summed E-state index contributed by atoms with van der Waals surface area (Å²) in [6, 6.07) is -0.908. The van der Waals surface area contributed by atoms with Crippen molar-refractivity contribution in [1.29, 1.82) is 0 Å². The molecule has 0 bridgehead atoms. The molecule has 7 atom stereocenters. The van der Waals surface area contributed by atoms with Crippen LogP contribution in [0.2, 0.25) is 0 Å². The second-order valence-corrected chi connectivity index (χ2v) is 5.95. The summed E-state index contributed by atoms with van der Waals surface area (Å²) in [5, 5.41) is 9.61. The van der Waals surface area contributed by atoms with Gasteiger partial charge in [-0.05, 0) is 19.3 Å². The van der Waals surface area contributed by atoms with Gasteiger partial charge in [-0.25, -0.2) is 0 Å². The summed E-state index contributed by atoms with van der Waals surface area (Å²) in [5.41, 5.74) is 0. The minimum absolute atomic E-state index is 0.0273. The number of hydrogen-bond acceptors (Lipinski definition) is 6. The molecule has 108 valence electrons. The summed E-state index contributed by atoms with van der Waals surface area (Å²) in [4.78, 5) is 0. The maximum Gasteiger partial charge on any atom is 0.697 e. The first-order valence-electron chi connectivity index (χ1n) is 6.76. The van der Waals surface area contributed by atoms with E-state index in [9.17, 15) is 9.67 Å². The van der Waals surface area contributed by atoms with Gasteiger partial charge < -0.3 is 14.6 Å². The molecule has 3 unspecified atom stereocenters. The lowest BCUT2D eigenvalue weighted by Crippen LogP contribution is -2.26. The molecule has 0 spiro atoms. The van der Waals surface area contributed by atoms with Gasteiger partial charge in [-0.15, -0.1) is 9.05 Å². The molecule has 4 radical (unpaired) electrons. The molecule has 20 heavy (non-hydrogen) atoms. The highest BCUT2D eigenvalue weighted by Crippen LogP contribution is 2.35. The first-order chi connectivity index (χ1) is 9.49. The summed E-state index contributed by atoms with van der Waals surface area (Å²) >= 11 is 0. The third-order valence-electron chi connectivity index (χ3n) is 3.45. The fourth-order valence-electron chi connectivity index (χ4n) is 2.40. The summed E-state index contributed by atoms with van der Waals surface area (Å²) in [6.45, 7) is 1.91. The standard InChI is InChI=1S/C11H18B2O6P/c1-2-7-8(4-11(13)17-7)19-20(15)16-5-9-6(14)3-10(12)18-9/h6-11,14H,2-5H2,1H3/q+1/t6?,7-,8?,9-,10-,11-/m1/s1. The molecular weight excluding hydrogens is 281 g/mol. The van der Waals surface area contributed by atoms with Crippen LogP contribution < -0.4 is 0 Å². The monoisotopic (exact) mass is 299 g/mol. The van der Waals surface area contributed by atoms with Crippen molar-refractivity contribution in [1.82, 2.24) is 0 Å². The van der Waals surface area contributed by atoms with E-state index in [0.717, 1.165) is 6.42 Å². The van der Waals surface area contributed by atoms with E-state index in [0.29, 0.717) is 12.8 Å². The Hall–Kier alpha value is 0.0299. The molecule has 6 nitrogen and oxygen atoms in total. The molecule has 2 fully saturated rings. The van der Waals surface area contributed by atoms with Crippen LogP contribution in [0.1, 0.15) is 26.2 Å². The Bertz CT molecular complexity index is 347. The lowest BCUT2D eigenvalue weighted by Gasteiger charge is -2.12. The summed E-state index contributed by atoms with van der Waals surface area (Å²) < 4.78 is 32.8. The van der Waals surface area contributed by atoms with E-state index >= 15 is 0 Å². The Balaban J connectivity index is 1.73. The van der Waals surface area contributed by atoms with Crippen molar-refractivity contribution in [2.24, 2.45) is 0 Å². The van der Waals surface area contributed by atoms with Crippen molar-refractivity contribution in [2.75, 3.05) is 6.61 Å². The van der Waals surface area contributed by atoms with Gasteiger partial charge >= 0.3 is 8.25 Å². The maximum absolute atomic E-state index is 11.8. The van der Waals surface area contributed by atoms with Crippen LogP contribution in [-0.2, 0) is 23.1 Å². The van der Waals surface area contributed by atoms with Crippen molar-refractivity contribution >= 4 is 23.9 Å². The van der Waals surface area contributed by atoms with Crippen molar-refractivity contribution in [3.63, 3.8) is 0 Å². The lowest BCUT2D eigenvalue weighted by atomic mass is 9.96. The molecule has 9 heteroatoms. The third kappa shape index (κ3) is 4.26. The first-order valence-corrected chi connectivity index (χ1v) is 7.86. The number of rotatable bonds is 6. The molecule has 2 heterocycles. The van der Waals surface area contributed by atoms with Crippen LogP contribution in [0.15, 0.2) is 0 Å². The summed E-state index contributed by atoms with van der Waals surface area (Å²) in [5.74, 6) is 0. The van der Waals surface area contributed by atoms with E-state index in [-0.39, 0.29) is 18.8 Å². The van der Waals surface area contributed by atoms with Crippen LogP contribution in [0.5, 0.6) is 0 Å². The van der Waals surface area contributed by atoms with Crippen LogP contribution >= 0.6 is 8.25 Å². The quantitative estimate of drug-likeness (QED) is 0.565. The minimum atomic E-state index is -2.31. The second kappa shape index (κ2) is 7.34. The highest BCUT2D eigenvalue weighted by Gasteiger charge is 2.41. The van der Waals surface area contributed by atoms with E-state index < -0.39 is 32.5 Å². The molecular formula is C11H18B2O6P+. The lowest BCUT2D eigenvalue weighted by molar-refractivity contribution is -0.00459. The van der Waals surface area contributed by atoms with E-state index in [4.69, 9.17) is 34.2 Å². The first kappa shape index (κ1) is 16.4. The predicted octanol–water partition coefficient (Wildman–Crippen LogP) is 0.383. The van der Waals surface area contributed by atoms with Gasteiger partial charge in [0.15, 0.2) is 0 Å². The molecule has 0 aromatic heterocycles. The number of hydrogen-bond donors (Lipinski definition) is 1. The Labute approximate surface area is 122 Å². The predicted molar refractivity (Wildman–Crippen MR) is 72.8 cm³/mol. The van der Waals surface area contributed by atoms with Gasteiger partial charge in [0.05, 0.1) is 12.2 Å². The van der Waals surface area contributed by atoms with Gasteiger partial charge in [-0.1, -0.05) is 6.92 Å². The van der Waals surface area contributed by atoms with Gasteiger partial charge in [-0.3, -0.25) is 0 Å². The van der Waals surface area contributed by atoms with Crippen LogP contribution in [-0.4, -0.2) is 63.8 Å². The Morgan fingerprint density at radius 3 is 2.50 bits per heavy atom. The largest absolute Gasteiger partial charge is 0.697 e. The second-order valence-electron chi connectivity index (χ2n) is 5.04. The molecule has 0 amide bonds. The zero-order valence-corrected chi connectivity index (χ0v) is 12.3. The van der Waals surface area contributed by atoms with Crippen LogP contribution in [0.25, 0.3) is 0 Å². The average Bonchev–Trinajstić information content (AvgIpc) is 2.89. The van der Waals surface area contributed by atoms with Crippen molar-refractivity contribution in [3.8, 4) is 0 Å². The Kier molecular flexibility index (Phi) is 6.02. The van der Waals surface area contributed by atoms with Gasteiger partial charge in [0.25, 0.3) is 0 Å². The molecule has 0 aliphatic carbocycles. The smallest absolute Gasteiger partial charge is 0.390 e. The fourth-order valence-corrected chi connectivity index (χ4v) is 3.18. The van der Waals surface area contributed by atoms with Gasteiger partial charge in [0.2, 0.25) is 0 Å². The van der Waals surface area contributed by atoms with E-state index in [2.05, 4.69) is 0 Å². The summed E-state index contributed by atoms with van der Waals surface area (Å²) in [6.07, 6.45) is -0.243. The van der Waals surface area contributed by atoms with Crippen molar-refractivity contribution in [3.05, 3.63) is 0 Å². The molecule has 2 aliphatic rings. The number of aliphatic hydroxyl groups is 1. The normalized spacial score (nSPS) is 42.0. The fraction of sp³-hybridized carbons (Fsp3) is 1.00. The summed E-state index contributed by atoms with van der Waals surface area (Å²) in [7, 11) is 8.89. The Morgan fingerprint density at radius 1 is 1.25 bits per heavy atom. The molecule has 2 aliphatic heterocycles. The van der Waals surface area contributed by atoms with E-state index in [1.807, 2.05) is 6.92 Å². The molecule has 1 N–H and O–H groups in total. The zero-order valence-electron chi connectivity index (χ0n) is 11.4. The van der Waals surface area contributed by atoms with Gasteiger partial charge in [-0.2, -0.15) is 0 Å². The zero-order chi connectivity index (χ0) is 14.7. The molecule has 0 saturated carbocycles. The van der Waals surface area contributed by atoms with Crippen molar-refractivity contribution in [2.45, 2.75) is 62.6 Å². The molecule has 0 aromatic rings. The van der Waals surface area contributed by atoms with Crippen LogP contribution in [0, 0.1) is 0 Å². The van der Waals surface area contributed by atoms with E-state index in [1.165, 1.54) is 0 Å². The average molecular weight is 299 g/mol. The maximum atomic E-state index is 11.8. The highest BCUT2D eigenvalue weighted by atomic mass is 31.1. The number of ether oxygens (including phenoxy) is 2. The Morgan fingerprint density at radius 2 is 1.90 bits per heavy atom. The third-order valence-corrected chi connectivity index (χ3v) is 4.25. The van der Waals surface area contributed by atoms with Crippen LogP contribution in [0.3, 0.4) is 0 Å². The van der Waals surface area contributed by atoms with Gasteiger partial charge in [0.1, 0.15) is 34.5 Å². The van der Waals surface area contributed by atoms with E-state index in [1.54, 1.807) is 0 Å². The van der Waals surface area contributed by atoms with Gasteiger partial charge in [0, 0.05) is 16.6 Å². The minimum Gasteiger partial charge on any atom is -0.390 e. The number of aliphatic hydroxyl groups excluding tert-OH is 1. The van der Waals surface area contributed by atoms with Crippen molar-refractivity contribution < 1.29 is 28.2 Å². The highest BCUT2D eigenvalue weighted by molar-refractivity contribution is 7.33. The van der Waals surface area contributed by atoms with Crippen LogP contribution in [0.4, 0.5) is 0 Å².